The molecule has 1 rings (SSSR count). The Kier molecular flexibility index (Phi) is 7.73. The minimum atomic E-state index is -0.418. The predicted molar refractivity (Wildman–Crippen MR) is 81.0 cm³/mol. The first-order chi connectivity index (χ1) is 9.59. The molecular formula is C16H26N2O2. The first-order valence-corrected chi connectivity index (χ1v) is 7.33. The molecule has 4 heteroatoms. The smallest absolute Gasteiger partial charge is 0.240 e. The van der Waals surface area contributed by atoms with Crippen molar-refractivity contribution in [3.63, 3.8) is 0 Å². The summed E-state index contributed by atoms with van der Waals surface area (Å²) < 4.78 is 5.26. The Labute approximate surface area is 121 Å². The summed E-state index contributed by atoms with van der Waals surface area (Å²) in [5.74, 6) is 1.36. The van der Waals surface area contributed by atoms with Crippen LogP contribution in [0.2, 0.25) is 0 Å². The molecule has 1 aromatic rings. The minimum absolute atomic E-state index is 0.106. The first kappa shape index (κ1) is 16.5. The summed E-state index contributed by atoms with van der Waals surface area (Å²) in [4.78, 5) is 11.6. The summed E-state index contributed by atoms with van der Waals surface area (Å²) in [5, 5.41) is 2.73. The highest BCUT2D eigenvalue weighted by molar-refractivity contribution is 5.82. The molecule has 0 saturated carbocycles. The van der Waals surface area contributed by atoms with Crippen molar-refractivity contribution in [3.05, 3.63) is 36.4 Å². The van der Waals surface area contributed by atoms with Crippen LogP contribution in [0.3, 0.4) is 0 Å². The highest BCUT2D eigenvalue weighted by atomic mass is 16.3. The molecule has 1 aromatic heterocycles. The molecule has 0 aromatic carbocycles. The fourth-order valence-electron chi connectivity index (χ4n) is 1.96. The first-order valence-electron chi connectivity index (χ1n) is 7.33. The number of allylic oxidation sites excluding steroid dienone is 1. The van der Waals surface area contributed by atoms with Crippen molar-refractivity contribution in [2.45, 2.75) is 52.0 Å². The Hall–Kier alpha value is -1.55. The van der Waals surface area contributed by atoms with Crippen LogP contribution in [0.25, 0.3) is 0 Å². The fraction of sp³-hybridized carbons (Fsp3) is 0.562. The summed E-state index contributed by atoms with van der Waals surface area (Å²) in [5.41, 5.74) is 5.78. The van der Waals surface area contributed by atoms with Gasteiger partial charge in [-0.15, -0.1) is 0 Å². The predicted octanol–water partition coefficient (Wildman–Crippen LogP) is 3.00. The van der Waals surface area contributed by atoms with E-state index < -0.39 is 6.04 Å². The van der Waals surface area contributed by atoms with E-state index in [9.17, 15) is 4.79 Å². The maximum absolute atomic E-state index is 11.6. The van der Waals surface area contributed by atoms with E-state index in [1.54, 1.807) is 12.5 Å². The summed E-state index contributed by atoms with van der Waals surface area (Å²) in [6.07, 6.45) is 10.2. The number of aryl methyl sites for hydroxylation is 1. The summed E-state index contributed by atoms with van der Waals surface area (Å²) >= 11 is 0. The average Bonchev–Trinajstić information content (AvgIpc) is 2.89. The SMILES string of the molecule is CC(C)C[C@H](N)C(=O)N/C=C\CCCCc1ccco1. The number of furan rings is 1. The third kappa shape index (κ3) is 7.14. The van der Waals surface area contributed by atoms with Crippen molar-refractivity contribution < 1.29 is 9.21 Å². The Bertz CT molecular complexity index is 397. The topological polar surface area (TPSA) is 68.3 Å². The lowest BCUT2D eigenvalue weighted by Crippen LogP contribution is -2.39. The van der Waals surface area contributed by atoms with Crippen molar-refractivity contribution in [2.24, 2.45) is 11.7 Å². The molecule has 0 saturated heterocycles. The van der Waals surface area contributed by atoms with Crippen LogP contribution in [-0.4, -0.2) is 11.9 Å². The van der Waals surface area contributed by atoms with E-state index >= 15 is 0 Å². The molecule has 0 bridgehead atoms. The molecule has 20 heavy (non-hydrogen) atoms. The van der Waals surface area contributed by atoms with E-state index in [2.05, 4.69) is 19.2 Å². The molecule has 4 nitrogen and oxygen atoms in total. The summed E-state index contributed by atoms with van der Waals surface area (Å²) in [6, 6.07) is 3.48. The number of nitrogens with one attached hydrogen (secondary N) is 1. The second-order valence-electron chi connectivity index (χ2n) is 5.47. The van der Waals surface area contributed by atoms with Crippen molar-refractivity contribution in [3.8, 4) is 0 Å². The summed E-state index contributed by atoms with van der Waals surface area (Å²) in [6.45, 7) is 4.12. The van der Waals surface area contributed by atoms with Crippen molar-refractivity contribution in [1.29, 1.82) is 0 Å². The number of unbranched alkanes of at least 4 members (excludes halogenated alkanes) is 2. The third-order valence-electron chi connectivity index (χ3n) is 3.03. The van der Waals surface area contributed by atoms with E-state index in [0.29, 0.717) is 12.3 Å². The van der Waals surface area contributed by atoms with E-state index in [4.69, 9.17) is 10.2 Å². The van der Waals surface area contributed by atoms with Crippen LogP contribution in [0.4, 0.5) is 0 Å². The van der Waals surface area contributed by atoms with E-state index in [1.165, 1.54) is 0 Å². The maximum Gasteiger partial charge on any atom is 0.240 e. The Balaban J connectivity index is 2.05. The highest BCUT2D eigenvalue weighted by Crippen LogP contribution is 2.07. The number of hydrogen-bond donors (Lipinski definition) is 2. The third-order valence-corrected chi connectivity index (χ3v) is 3.03. The lowest BCUT2D eigenvalue weighted by atomic mass is 10.0. The van der Waals surface area contributed by atoms with Crippen LogP contribution < -0.4 is 11.1 Å². The van der Waals surface area contributed by atoms with Gasteiger partial charge in [0.2, 0.25) is 5.91 Å². The number of carbonyl (C=O) groups excluding carboxylic acids is 1. The molecule has 0 aliphatic rings. The van der Waals surface area contributed by atoms with E-state index in [1.807, 2.05) is 18.2 Å². The number of rotatable bonds is 9. The monoisotopic (exact) mass is 278 g/mol. The zero-order valence-electron chi connectivity index (χ0n) is 12.5. The molecule has 0 fully saturated rings. The molecule has 0 aliphatic carbocycles. The molecule has 1 amide bonds. The molecule has 1 heterocycles. The Morgan fingerprint density at radius 1 is 1.45 bits per heavy atom. The van der Waals surface area contributed by atoms with Gasteiger partial charge in [0.15, 0.2) is 0 Å². The van der Waals surface area contributed by atoms with Crippen LogP contribution in [0.15, 0.2) is 35.1 Å². The quantitative estimate of drug-likeness (QED) is 0.682. The lowest BCUT2D eigenvalue weighted by Gasteiger charge is -2.12. The van der Waals surface area contributed by atoms with Crippen LogP contribution in [0, 0.1) is 5.92 Å². The van der Waals surface area contributed by atoms with Crippen LogP contribution >= 0.6 is 0 Å². The molecule has 0 unspecified atom stereocenters. The molecule has 112 valence electrons. The number of carbonyl (C=O) groups is 1. The van der Waals surface area contributed by atoms with Gasteiger partial charge < -0.3 is 15.5 Å². The number of nitrogens with two attached hydrogens (primary N) is 1. The second-order valence-corrected chi connectivity index (χ2v) is 5.47. The largest absolute Gasteiger partial charge is 0.469 e. The number of amides is 1. The van der Waals surface area contributed by atoms with Crippen molar-refractivity contribution in [1.82, 2.24) is 5.32 Å². The van der Waals surface area contributed by atoms with Crippen LogP contribution in [0.1, 0.15) is 45.3 Å². The number of hydrogen-bond acceptors (Lipinski definition) is 3. The van der Waals surface area contributed by atoms with Gasteiger partial charge in [0.25, 0.3) is 0 Å². The fourth-order valence-corrected chi connectivity index (χ4v) is 1.96. The van der Waals surface area contributed by atoms with Crippen LogP contribution in [-0.2, 0) is 11.2 Å². The van der Waals surface area contributed by atoms with E-state index in [0.717, 1.165) is 31.4 Å². The van der Waals surface area contributed by atoms with Gasteiger partial charge in [0.1, 0.15) is 5.76 Å². The minimum Gasteiger partial charge on any atom is -0.469 e. The molecule has 0 spiro atoms. The molecule has 0 radical (unpaired) electrons. The van der Waals surface area contributed by atoms with Crippen molar-refractivity contribution in [2.75, 3.05) is 0 Å². The maximum atomic E-state index is 11.6. The normalized spacial score (nSPS) is 13.0. The van der Waals surface area contributed by atoms with Gasteiger partial charge >= 0.3 is 0 Å². The Morgan fingerprint density at radius 3 is 2.90 bits per heavy atom. The van der Waals surface area contributed by atoms with Gasteiger partial charge in [-0.3, -0.25) is 4.79 Å². The Morgan fingerprint density at radius 2 is 2.25 bits per heavy atom. The standard InChI is InChI=1S/C16H26N2O2/c1-13(2)12-15(17)16(19)18-10-6-4-3-5-8-14-9-7-11-20-14/h6-7,9-11,13,15H,3-5,8,12,17H2,1-2H3,(H,18,19)/b10-6-/t15-/m0/s1. The van der Waals surface area contributed by atoms with Gasteiger partial charge in [0.05, 0.1) is 12.3 Å². The van der Waals surface area contributed by atoms with Gasteiger partial charge in [-0.05, 0) is 49.9 Å². The van der Waals surface area contributed by atoms with Crippen molar-refractivity contribution >= 4 is 5.91 Å². The second kappa shape index (κ2) is 9.37. The van der Waals surface area contributed by atoms with Gasteiger partial charge in [-0.1, -0.05) is 19.9 Å². The van der Waals surface area contributed by atoms with E-state index in [-0.39, 0.29) is 5.91 Å². The van der Waals surface area contributed by atoms with Gasteiger partial charge in [-0.2, -0.15) is 0 Å². The molecule has 3 N–H and O–H groups in total. The lowest BCUT2D eigenvalue weighted by molar-refractivity contribution is -0.121. The van der Waals surface area contributed by atoms with Gasteiger partial charge in [-0.25, -0.2) is 0 Å². The van der Waals surface area contributed by atoms with Crippen LogP contribution in [0.5, 0.6) is 0 Å². The molecule has 1 atom stereocenters. The summed E-state index contributed by atoms with van der Waals surface area (Å²) in [7, 11) is 0. The molecular weight excluding hydrogens is 252 g/mol. The zero-order valence-corrected chi connectivity index (χ0v) is 12.5. The zero-order chi connectivity index (χ0) is 14.8. The highest BCUT2D eigenvalue weighted by Gasteiger charge is 2.12. The molecule has 0 aliphatic heterocycles. The van der Waals surface area contributed by atoms with Gasteiger partial charge in [0, 0.05) is 6.42 Å². The average molecular weight is 278 g/mol.